The fraction of sp³-hybridized carbons (Fsp3) is 0.923. The van der Waals surface area contributed by atoms with Crippen molar-refractivity contribution in [2.24, 2.45) is 0 Å². The molecule has 1 rings (SSSR count). The van der Waals surface area contributed by atoms with Crippen molar-refractivity contribution < 1.29 is 14.6 Å². The van der Waals surface area contributed by atoms with Gasteiger partial charge in [-0.3, -0.25) is 4.79 Å². The number of hydrogen-bond donors (Lipinski definition) is 0. The molecule has 4 heteroatoms. The van der Waals surface area contributed by atoms with Crippen LogP contribution in [0.2, 0.25) is 0 Å². The number of unbranched alkanes of at least 4 members (excludes halogenated alkanes) is 3. The SMILES string of the molecule is CCCCCCC1CC(CC(=O)SCC)OO1. The standard InChI is InChI=1S/C13H24O3S/c1-3-5-6-7-8-11-9-12(16-15-11)10-13(14)17-4-2/h11-12H,3-10H2,1-2H3. The maximum absolute atomic E-state index is 11.4. The first-order valence-corrected chi connectivity index (χ1v) is 7.72. The molecular formula is C13H24O3S. The van der Waals surface area contributed by atoms with Crippen LogP contribution in [-0.2, 0) is 14.6 Å². The summed E-state index contributed by atoms with van der Waals surface area (Å²) in [6.45, 7) is 4.20. The van der Waals surface area contributed by atoms with Crippen molar-refractivity contribution in [3.63, 3.8) is 0 Å². The van der Waals surface area contributed by atoms with Crippen molar-refractivity contribution in [2.45, 2.75) is 71.0 Å². The lowest BCUT2D eigenvalue weighted by atomic mass is 10.0. The zero-order valence-electron chi connectivity index (χ0n) is 10.9. The fourth-order valence-electron chi connectivity index (χ4n) is 2.02. The molecule has 0 saturated carbocycles. The van der Waals surface area contributed by atoms with Crippen LogP contribution in [0, 0.1) is 0 Å². The van der Waals surface area contributed by atoms with E-state index >= 15 is 0 Å². The van der Waals surface area contributed by atoms with Gasteiger partial charge in [0.1, 0.15) is 6.10 Å². The fourth-order valence-corrected chi connectivity index (χ4v) is 2.64. The first-order valence-electron chi connectivity index (χ1n) is 6.74. The number of rotatable bonds is 8. The lowest BCUT2D eigenvalue weighted by Gasteiger charge is -2.05. The van der Waals surface area contributed by atoms with E-state index < -0.39 is 0 Å². The van der Waals surface area contributed by atoms with Gasteiger partial charge >= 0.3 is 0 Å². The van der Waals surface area contributed by atoms with E-state index in [0.717, 1.165) is 18.6 Å². The van der Waals surface area contributed by atoms with Gasteiger partial charge in [0, 0.05) is 12.8 Å². The van der Waals surface area contributed by atoms with E-state index in [-0.39, 0.29) is 17.3 Å². The van der Waals surface area contributed by atoms with Crippen LogP contribution in [0.25, 0.3) is 0 Å². The van der Waals surface area contributed by atoms with E-state index in [1.165, 1.54) is 37.4 Å². The van der Waals surface area contributed by atoms with Crippen molar-refractivity contribution in [1.82, 2.24) is 0 Å². The highest BCUT2D eigenvalue weighted by Gasteiger charge is 2.28. The second-order valence-electron chi connectivity index (χ2n) is 4.53. The van der Waals surface area contributed by atoms with E-state index in [9.17, 15) is 4.79 Å². The van der Waals surface area contributed by atoms with E-state index in [1.54, 1.807) is 0 Å². The van der Waals surface area contributed by atoms with Gasteiger partial charge in [0.05, 0.1) is 6.10 Å². The molecule has 0 amide bonds. The molecule has 1 saturated heterocycles. The third-order valence-electron chi connectivity index (χ3n) is 2.93. The van der Waals surface area contributed by atoms with Crippen LogP contribution in [0.3, 0.4) is 0 Å². The van der Waals surface area contributed by atoms with Crippen molar-refractivity contribution in [1.29, 1.82) is 0 Å². The summed E-state index contributed by atoms with van der Waals surface area (Å²) in [5, 5.41) is 0.215. The minimum absolute atomic E-state index is 0.0160. The molecule has 2 unspecified atom stereocenters. The van der Waals surface area contributed by atoms with Crippen molar-refractivity contribution in [2.75, 3.05) is 5.75 Å². The molecule has 0 radical (unpaired) electrons. The summed E-state index contributed by atoms with van der Waals surface area (Å²) in [5.74, 6) is 0.840. The minimum atomic E-state index is -0.0160. The van der Waals surface area contributed by atoms with E-state index in [0.29, 0.717) is 6.42 Å². The number of hydrogen-bond acceptors (Lipinski definition) is 4. The predicted molar refractivity (Wildman–Crippen MR) is 70.9 cm³/mol. The van der Waals surface area contributed by atoms with Gasteiger partial charge in [0.2, 0.25) is 0 Å². The molecule has 1 fully saturated rings. The summed E-state index contributed by atoms with van der Waals surface area (Å²) >= 11 is 1.37. The Bertz CT molecular complexity index is 221. The maximum atomic E-state index is 11.4. The van der Waals surface area contributed by atoms with E-state index in [4.69, 9.17) is 9.78 Å². The third-order valence-corrected chi connectivity index (χ3v) is 3.71. The highest BCUT2D eigenvalue weighted by Crippen LogP contribution is 2.25. The summed E-state index contributed by atoms with van der Waals surface area (Å²) in [6.07, 6.45) is 7.64. The quantitative estimate of drug-likeness (QED) is 0.492. The lowest BCUT2D eigenvalue weighted by Crippen LogP contribution is -2.11. The zero-order chi connectivity index (χ0) is 12.5. The van der Waals surface area contributed by atoms with Gasteiger partial charge in [-0.1, -0.05) is 51.3 Å². The monoisotopic (exact) mass is 260 g/mol. The molecule has 1 aliphatic rings. The Morgan fingerprint density at radius 2 is 1.94 bits per heavy atom. The molecule has 0 aromatic heterocycles. The van der Waals surface area contributed by atoms with E-state index in [1.807, 2.05) is 6.92 Å². The Hall–Kier alpha value is -0.0600. The summed E-state index contributed by atoms with van der Waals surface area (Å²) in [5.41, 5.74) is 0. The Morgan fingerprint density at radius 1 is 1.18 bits per heavy atom. The van der Waals surface area contributed by atoms with Gasteiger partial charge in [-0.15, -0.1) is 0 Å². The molecule has 0 aliphatic carbocycles. The summed E-state index contributed by atoms with van der Waals surface area (Å²) < 4.78 is 0. The smallest absolute Gasteiger partial charge is 0.191 e. The molecule has 0 aromatic carbocycles. The summed E-state index contributed by atoms with van der Waals surface area (Å²) in [7, 11) is 0. The summed E-state index contributed by atoms with van der Waals surface area (Å²) in [4.78, 5) is 21.9. The van der Waals surface area contributed by atoms with Crippen molar-refractivity contribution >= 4 is 16.9 Å². The van der Waals surface area contributed by atoms with Crippen molar-refractivity contribution in [3.05, 3.63) is 0 Å². The Balaban J connectivity index is 2.08. The van der Waals surface area contributed by atoms with Crippen molar-refractivity contribution in [3.8, 4) is 0 Å². The van der Waals surface area contributed by atoms with Gasteiger partial charge < -0.3 is 0 Å². The Kier molecular flexibility index (Phi) is 7.90. The van der Waals surface area contributed by atoms with Crippen LogP contribution in [0.4, 0.5) is 0 Å². The van der Waals surface area contributed by atoms with Crippen LogP contribution < -0.4 is 0 Å². The largest absolute Gasteiger partial charge is 0.287 e. The van der Waals surface area contributed by atoms with Gasteiger partial charge in [-0.25, -0.2) is 9.78 Å². The predicted octanol–water partition coefficient (Wildman–Crippen LogP) is 3.72. The molecule has 17 heavy (non-hydrogen) atoms. The molecule has 0 spiro atoms. The molecule has 1 aliphatic heterocycles. The molecule has 3 nitrogen and oxygen atoms in total. The minimum Gasteiger partial charge on any atom is -0.287 e. The van der Waals surface area contributed by atoms with Crippen LogP contribution in [-0.4, -0.2) is 23.1 Å². The average molecular weight is 260 g/mol. The topological polar surface area (TPSA) is 35.5 Å². The van der Waals surface area contributed by atoms with Crippen LogP contribution in [0.5, 0.6) is 0 Å². The van der Waals surface area contributed by atoms with Crippen LogP contribution in [0.15, 0.2) is 0 Å². The molecule has 2 atom stereocenters. The first kappa shape index (κ1) is 15.0. The molecular weight excluding hydrogens is 236 g/mol. The number of carbonyl (C=O) groups excluding carboxylic acids is 1. The van der Waals surface area contributed by atoms with E-state index in [2.05, 4.69) is 6.92 Å². The molecule has 100 valence electrons. The third kappa shape index (κ3) is 6.43. The second kappa shape index (κ2) is 8.95. The maximum Gasteiger partial charge on any atom is 0.191 e. The lowest BCUT2D eigenvalue weighted by molar-refractivity contribution is -0.296. The van der Waals surface area contributed by atoms with Gasteiger partial charge in [-0.2, -0.15) is 0 Å². The second-order valence-corrected chi connectivity index (χ2v) is 5.85. The Labute approximate surface area is 109 Å². The highest BCUT2D eigenvalue weighted by molar-refractivity contribution is 8.13. The molecule has 0 bridgehead atoms. The summed E-state index contributed by atoms with van der Waals surface area (Å²) in [6, 6.07) is 0. The number of carbonyl (C=O) groups is 1. The molecule has 0 aromatic rings. The van der Waals surface area contributed by atoms with Gasteiger partial charge in [0.25, 0.3) is 0 Å². The van der Waals surface area contributed by atoms with Gasteiger partial charge in [0.15, 0.2) is 5.12 Å². The van der Waals surface area contributed by atoms with Crippen LogP contribution >= 0.6 is 11.8 Å². The first-order chi connectivity index (χ1) is 8.26. The normalized spacial score (nSPS) is 24.1. The Morgan fingerprint density at radius 3 is 2.65 bits per heavy atom. The highest BCUT2D eigenvalue weighted by atomic mass is 32.2. The van der Waals surface area contributed by atoms with Gasteiger partial charge in [-0.05, 0) is 12.2 Å². The molecule has 1 heterocycles. The molecule has 0 N–H and O–H groups in total. The average Bonchev–Trinajstić information content (AvgIpc) is 2.72. The zero-order valence-corrected chi connectivity index (χ0v) is 11.8. The van der Waals surface area contributed by atoms with Crippen LogP contribution in [0.1, 0.15) is 58.8 Å². The number of thioether (sulfide) groups is 1.